The number of amides is 2. The van der Waals surface area contributed by atoms with Crippen LogP contribution in [0.3, 0.4) is 0 Å². The van der Waals surface area contributed by atoms with Crippen LogP contribution in [0, 0.1) is 0 Å². The van der Waals surface area contributed by atoms with E-state index in [9.17, 15) is 9.59 Å². The number of likely N-dealkylation sites (N-methyl/N-ethyl adjacent to an activating group) is 1. The lowest BCUT2D eigenvalue weighted by atomic mass is 10.0. The number of rotatable bonds is 7. The van der Waals surface area contributed by atoms with Gasteiger partial charge in [0.15, 0.2) is 0 Å². The van der Waals surface area contributed by atoms with Crippen LogP contribution < -0.4 is 5.32 Å². The van der Waals surface area contributed by atoms with E-state index in [4.69, 9.17) is 0 Å². The summed E-state index contributed by atoms with van der Waals surface area (Å²) in [6.07, 6.45) is 2.12. The molecule has 0 saturated carbocycles. The minimum absolute atomic E-state index is 0.0470. The van der Waals surface area contributed by atoms with E-state index in [1.165, 1.54) is 16.9 Å². The third kappa shape index (κ3) is 5.64. The summed E-state index contributed by atoms with van der Waals surface area (Å²) >= 11 is 1.42. The Morgan fingerprint density at radius 2 is 1.81 bits per heavy atom. The van der Waals surface area contributed by atoms with Gasteiger partial charge in [-0.15, -0.1) is 11.3 Å². The molecule has 1 aromatic heterocycles. The number of piperidine rings is 1. The quantitative estimate of drug-likeness (QED) is 0.584. The summed E-state index contributed by atoms with van der Waals surface area (Å²) in [4.78, 5) is 30.2. The third-order valence-corrected chi connectivity index (χ3v) is 6.87. The van der Waals surface area contributed by atoms with Gasteiger partial charge in [-0.05, 0) is 54.1 Å². The molecule has 2 heterocycles. The van der Waals surface area contributed by atoms with Crippen molar-refractivity contribution >= 4 is 23.2 Å². The van der Waals surface area contributed by atoms with Gasteiger partial charge in [0.05, 0.1) is 4.88 Å². The lowest BCUT2D eigenvalue weighted by Crippen LogP contribution is -2.48. The molecule has 0 aliphatic carbocycles. The molecule has 2 amide bonds. The fraction of sp³-hybridized carbons (Fsp3) is 0.308. The molecule has 1 saturated heterocycles. The fourth-order valence-corrected chi connectivity index (χ4v) is 4.78. The van der Waals surface area contributed by atoms with E-state index in [-0.39, 0.29) is 17.9 Å². The standard InChI is InChI=1S/C26H29N3O2S/c1-28(23-9-5-15-29(19-23)18-21-7-3-2-4-8-21)26(31)22-13-11-20(12-14-22)17-27-25(30)24-10-6-16-32-24/h2-4,6-8,10-14,16,23H,5,9,15,17-19H2,1H3,(H,27,30). The molecule has 3 aromatic rings. The molecule has 1 atom stereocenters. The predicted molar refractivity (Wildman–Crippen MR) is 129 cm³/mol. The highest BCUT2D eigenvalue weighted by Crippen LogP contribution is 2.19. The minimum Gasteiger partial charge on any atom is -0.347 e. The van der Waals surface area contributed by atoms with Crippen molar-refractivity contribution in [1.82, 2.24) is 15.1 Å². The summed E-state index contributed by atoms with van der Waals surface area (Å²) in [6.45, 7) is 3.33. The zero-order valence-electron chi connectivity index (χ0n) is 18.4. The highest BCUT2D eigenvalue weighted by atomic mass is 32.1. The van der Waals surface area contributed by atoms with Crippen molar-refractivity contribution in [3.8, 4) is 0 Å². The van der Waals surface area contributed by atoms with Crippen LogP contribution in [0.1, 0.15) is 44.0 Å². The van der Waals surface area contributed by atoms with E-state index in [1.807, 2.05) is 59.8 Å². The monoisotopic (exact) mass is 447 g/mol. The maximum absolute atomic E-state index is 13.1. The van der Waals surface area contributed by atoms with E-state index < -0.39 is 0 Å². The van der Waals surface area contributed by atoms with Crippen LogP contribution in [0.4, 0.5) is 0 Å². The second-order valence-corrected chi connectivity index (χ2v) is 9.24. The van der Waals surface area contributed by atoms with E-state index in [1.54, 1.807) is 0 Å². The molecule has 0 spiro atoms. The second kappa shape index (κ2) is 10.6. The summed E-state index contributed by atoms with van der Waals surface area (Å²) < 4.78 is 0. The van der Waals surface area contributed by atoms with Crippen LogP contribution in [0.25, 0.3) is 0 Å². The van der Waals surface area contributed by atoms with Gasteiger partial charge in [0.2, 0.25) is 0 Å². The second-order valence-electron chi connectivity index (χ2n) is 8.29. The lowest BCUT2D eigenvalue weighted by molar-refractivity contribution is 0.0609. The van der Waals surface area contributed by atoms with Crippen molar-refractivity contribution in [2.75, 3.05) is 20.1 Å². The minimum atomic E-state index is -0.0720. The van der Waals surface area contributed by atoms with Gasteiger partial charge in [-0.3, -0.25) is 14.5 Å². The Labute approximate surface area is 193 Å². The van der Waals surface area contributed by atoms with Crippen LogP contribution >= 0.6 is 11.3 Å². The Bertz CT molecular complexity index is 1020. The summed E-state index contributed by atoms with van der Waals surface area (Å²) in [5.74, 6) is -0.0250. The maximum Gasteiger partial charge on any atom is 0.261 e. The normalized spacial score (nSPS) is 16.5. The highest BCUT2D eigenvalue weighted by molar-refractivity contribution is 7.12. The predicted octanol–water partition coefficient (Wildman–Crippen LogP) is 4.41. The van der Waals surface area contributed by atoms with Gasteiger partial charge in [-0.1, -0.05) is 48.5 Å². The van der Waals surface area contributed by atoms with Crippen LogP contribution in [-0.4, -0.2) is 47.8 Å². The molecule has 166 valence electrons. The molecule has 1 aliphatic heterocycles. The Morgan fingerprint density at radius 1 is 1.03 bits per heavy atom. The number of benzene rings is 2. The fourth-order valence-electron chi connectivity index (χ4n) is 4.14. The number of carbonyl (C=O) groups excluding carboxylic acids is 2. The Hall–Kier alpha value is -2.96. The number of nitrogens with one attached hydrogen (secondary N) is 1. The molecular weight excluding hydrogens is 418 g/mol. The first kappa shape index (κ1) is 22.2. The summed E-state index contributed by atoms with van der Waals surface area (Å²) in [5, 5.41) is 4.81. The summed E-state index contributed by atoms with van der Waals surface area (Å²) in [7, 11) is 1.91. The maximum atomic E-state index is 13.1. The van der Waals surface area contributed by atoms with Gasteiger partial charge < -0.3 is 10.2 Å². The van der Waals surface area contributed by atoms with Gasteiger partial charge in [0, 0.05) is 38.3 Å². The molecule has 2 aromatic carbocycles. The van der Waals surface area contributed by atoms with Crippen molar-refractivity contribution in [3.63, 3.8) is 0 Å². The molecule has 5 nitrogen and oxygen atoms in total. The van der Waals surface area contributed by atoms with Crippen molar-refractivity contribution in [2.24, 2.45) is 0 Å². The van der Waals surface area contributed by atoms with Crippen LogP contribution in [-0.2, 0) is 13.1 Å². The van der Waals surface area contributed by atoms with Gasteiger partial charge in [-0.2, -0.15) is 0 Å². The first-order valence-electron chi connectivity index (χ1n) is 11.0. The van der Waals surface area contributed by atoms with E-state index in [0.717, 1.165) is 38.0 Å². The van der Waals surface area contributed by atoms with Crippen molar-refractivity contribution < 1.29 is 9.59 Å². The average Bonchev–Trinajstić information content (AvgIpc) is 3.38. The Balaban J connectivity index is 1.31. The average molecular weight is 448 g/mol. The van der Waals surface area contributed by atoms with Gasteiger partial charge >= 0.3 is 0 Å². The van der Waals surface area contributed by atoms with Gasteiger partial charge in [0.1, 0.15) is 0 Å². The first-order chi connectivity index (χ1) is 15.6. The molecule has 1 fully saturated rings. The SMILES string of the molecule is CN(C(=O)c1ccc(CNC(=O)c2cccs2)cc1)C1CCCN(Cc2ccccc2)C1. The lowest BCUT2D eigenvalue weighted by Gasteiger charge is -2.37. The molecule has 1 aliphatic rings. The van der Waals surface area contributed by atoms with Crippen molar-refractivity contribution in [3.05, 3.63) is 93.7 Å². The van der Waals surface area contributed by atoms with Crippen LogP contribution in [0.2, 0.25) is 0 Å². The molecule has 0 bridgehead atoms. The zero-order valence-corrected chi connectivity index (χ0v) is 19.2. The van der Waals surface area contributed by atoms with Gasteiger partial charge in [-0.25, -0.2) is 0 Å². The number of thiophene rings is 1. The third-order valence-electron chi connectivity index (χ3n) is 6.00. The number of hydrogen-bond acceptors (Lipinski definition) is 4. The number of carbonyl (C=O) groups is 2. The van der Waals surface area contributed by atoms with Crippen LogP contribution in [0.15, 0.2) is 72.1 Å². The number of likely N-dealkylation sites (tertiary alicyclic amines) is 1. The largest absolute Gasteiger partial charge is 0.347 e. The smallest absolute Gasteiger partial charge is 0.261 e. The van der Waals surface area contributed by atoms with E-state index in [0.29, 0.717) is 17.0 Å². The number of nitrogens with zero attached hydrogens (tertiary/aromatic N) is 2. The molecule has 6 heteroatoms. The Kier molecular flexibility index (Phi) is 7.35. The van der Waals surface area contributed by atoms with Gasteiger partial charge in [0.25, 0.3) is 11.8 Å². The Morgan fingerprint density at radius 3 is 2.53 bits per heavy atom. The summed E-state index contributed by atoms with van der Waals surface area (Å²) in [5.41, 5.74) is 2.96. The molecule has 32 heavy (non-hydrogen) atoms. The molecule has 1 N–H and O–H groups in total. The van der Waals surface area contributed by atoms with Crippen molar-refractivity contribution in [2.45, 2.75) is 32.0 Å². The highest BCUT2D eigenvalue weighted by Gasteiger charge is 2.26. The summed E-state index contributed by atoms with van der Waals surface area (Å²) in [6, 6.07) is 21.9. The number of hydrogen-bond donors (Lipinski definition) is 1. The molecule has 0 radical (unpaired) electrons. The van der Waals surface area contributed by atoms with Crippen molar-refractivity contribution in [1.29, 1.82) is 0 Å². The molecule has 1 unspecified atom stereocenters. The molecule has 4 rings (SSSR count). The topological polar surface area (TPSA) is 52.7 Å². The first-order valence-corrected chi connectivity index (χ1v) is 11.9. The van der Waals surface area contributed by atoms with E-state index in [2.05, 4.69) is 34.5 Å². The van der Waals surface area contributed by atoms with Crippen LogP contribution in [0.5, 0.6) is 0 Å². The zero-order chi connectivity index (χ0) is 22.3. The van der Waals surface area contributed by atoms with E-state index >= 15 is 0 Å². The molecular formula is C26H29N3O2S.